The number of hydrogen-bond acceptors (Lipinski definition) is 8. The number of nitrogens with two attached hydrogens (primary N) is 1. The van der Waals surface area contributed by atoms with Gasteiger partial charge < -0.3 is 21.5 Å². The fourth-order valence-electron chi connectivity index (χ4n) is 1.58. The van der Waals surface area contributed by atoms with Gasteiger partial charge in [-0.05, 0) is 39.0 Å². The lowest BCUT2D eigenvalue weighted by atomic mass is 10.4. The number of aliphatic hydroxyl groups is 1. The van der Waals surface area contributed by atoms with Crippen molar-refractivity contribution < 1.29 is 10.0 Å². The molecule has 2 heterocycles. The summed E-state index contributed by atoms with van der Waals surface area (Å²) in [6, 6.07) is 6.60. The van der Waals surface area contributed by atoms with E-state index in [2.05, 4.69) is 20.6 Å². The third-order valence-electron chi connectivity index (χ3n) is 2.51. The van der Waals surface area contributed by atoms with Gasteiger partial charge in [-0.25, -0.2) is 9.97 Å². The van der Waals surface area contributed by atoms with Crippen molar-refractivity contribution in [2.75, 3.05) is 36.1 Å². The Morgan fingerprint density at radius 2 is 1.56 bits per heavy atom. The van der Waals surface area contributed by atoms with Crippen LogP contribution in [-0.4, -0.2) is 39.7 Å². The number of pyridine rings is 2. The summed E-state index contributed by atoms with van der Waals surface area (Å²) in [5, 5.41) is 23.8. The topological polar surface area (TPSA) is 139 Å². The zero-order chi connectivity index (χ0) is 19.1. The number of nitro groups is 1. The lowest BCUT2D eigenvalue weighted by molar-refractivity contribution is -0.384. The first-order chi connectivity index (χ1) is 12.0. The van der Waals surface area contributed by atoms with Crippen molar-refractivity contribution in [2.24, 2.45) is 0 Å². The summed E-state index contributed by atoms with van der Waals surface area (Å²) in [6.45, 7) is 7.27. The molecule has 0 fully saturated rings. The van der Waals surface area contributed by atoms with Gasteiger partial charge in [0.05, 0.1) is 10.6 Å². The zero-order valence-electron chi connectivity index (χ0n) is 14.8. The highest BCUT2D eigenvalue weighted by Crippen LogP contribution is 2.19. The van der Waals surface area contributed by atoms with Gasteiger partial charge in [0.15, 0.2) is 0 Å². The summed E-state index contributed by atoms with van der Waals surface area (Å²) in [5.74, 6) is 1.09. The van der Waals surface area contributed by atoms with Crippen LogP contribution in [0.5, 0.6) is 0 Å². The van der Waals surface area contributed by atoms with Gasteiger partial charge in [-0.3, -0.25) is 10.1 Å². The number of aliphatic hydroxyl groups excluding tert-OH is 1. The number of nitrogens with one attached hydrogen (secondary N) is 2. The Morgan fingerprint density at radius 3 is 2.04 bits per heavy atom. The summed E-state index contributed by atoms with van der Waals surface area (Å²) in [6.07, 6.45) is 3.24. The van der Waals surface area contributed by atoms with Crippen molar-refractivity contribution in [3.05, 3.63) is 46.8 Å². The minimum absolute atomic E-state index is 0.0133. The van der Waals surface area contributed by atoms with Crippen LogP contribution in [0.1, 0.15) is 20.8 Å². The summed E-state index contributed by atoms with van der Waals surface area (Å²) < 4.78 is 0. The first-order valence-corrected chi connectivity index (χ1v) is 7.90. The first-order valence-electron chi connectivity index (χ1n) is 7.90. The predicted molar refractivity (Wildman–Crippen MR) is 101 cm³/mol. The highest BCUT2D eigenvalue weighted by atomic mass is 16.6. The van der Waals surface area contributed by atoms with Gasteiger partial charge in [0.1, 0.15) is 5.82 Å². The zero-order valence-corrected chi connectivity index (χ0v) is 14.8. The molecule has 0 amide bonds. The lowest BCUT2D eigenvalue weighted by Crippen LogP contribution is -2.02. The molecule has 0 spiro atoms. The van der Waals surface area contributed by atoms with Crippen LogP contribution in [-0.2, 0) is 0 Å². The molecular formula is C16H26N6O3. The van der Waals surface area contributed by atoms with Crippen molar-refractivity contribution in [3.8, 4) is 0 Å². The fourth-order valence-corrected chi connectivity index (χ4v) is 1.58. The largest absolute Gasteiger partial charge is 0.397 e. The Balaban J connectivity index is 0.000000403. The van der Waals surface area contributed by atoms with Crippen LogP contribution in [0.2, 0.25) is 0 Å². The van der Waals surface area contributed by atoms with Crippen LogP contribution < -0.4 is 16.4 Å². The second-order valence-corrected chi connectivity index (χ2v) is 4.45. The van der Waals surface area contributed by atoms with E-state index in [1.54, 1.807) is 19.2 Å². The molecule has 0 unspecified atom stereocenters. The van der Waals surface area contributed by atoms with E-state index in [0.29, 0.717) is 18.1 Å². The molecule has 138 valence electrons. The summed E-state index contributed by atoms with van der Waals surface area (Å²) in [4.78, 5) is 17.8. The second kappa shape index (κ2) is 13.5. The highest BCUT2D eigenvalue weighted by molar-refractivity contribution is 5.60. The predicted octanol–water partition coefficient (Wildman–Crippen LogP) is 2.52. The van der Waals surface area contributed by atoms with Crippen LogP contribution in [0.4, 0.5) is 23.0 Å². The molecule has 0 bridgehead atoms. The van der Waals surface area contributed by atoms with E-state index >= 15 is 0 Å². The smallest absolute Gasteiger partial charge is 0.311 e. The number of hydrogen-bond donors (Lipinski definition) is 4. The Hall–Kier alpha value is -2.94. The average molecular weight is 350 g/mol. The molecule has 5 N–H and O–H groups in total. The molecule has 2 aromatic heterocycles. The molecule has 0 aliphatic heterocycles. The Bertz CT molecular complexity index is 624. The summed E-state index contributed by atoms with van der Waals surface area (Å²) in [5.41, 5.74) is 6.29. The maximum Gasteiger partial charge on any atom is 0.311 e. The van der Waals surface area contributed by atoms with Crippen LogP contribution in [0.3, 0.4) is 0 Å². The van der Waals surface area contributed by atoms with Crippen LogP contribution in [0, 0.1) is 10.1 Å². The molecule has 0 radical (unpaired) electrons. The Morgan fingerprint density at radius 1 is 1.08 bits per heavy atom. The van der Waals surface area contributed by atoms with E-state index in [4.69, 9.17) is 10.8 Å². The number of anilines is 3. The van der Waals surface area contributed by atoms with Crippen molar-refractivity contribution in [1.82, 2.24) is 9.97 Å². The molecule has 0 aromatic carbocycles. The van der Waals surface area contributed by atoms with Crippen LogP contribution in [0.15, 0.2) is 36.7 Å². The van der Waals surface area contributed by atoms with Crippen molar-refractivity contribution in [1.29, 1.82) is 0 Å². The molecular weight excluding hydrogens is 324 g/mol. The molecule has 9 heteroatoms. The lowest BCUT2D eigenvalue weighted by Gasteiger charge is -2.03. The minimum Gasteiger partial charge on any atom is -0.397 e. The van der Waals surface area contributed by atoms with Crippen LogP contribution >= 0.6 is 0 Å². The number of nitrogen functional groups attached to an aromatic ring is 1. The Labute approximate surface area is 147 Å². The second-order valence-electron chi connectivity index (χ2n) is 4.45. The third kappa shape index (κ3) is 9.06. The van der Waals surface area contributed by atoms with Crippen molar-refractivity contribution in [2.45, 2.75) is 20.8 Å². The van der Waals surface area contributed by atoms with Crippen LogP contribution in [0.25, 0.3) is 0 Å². The molecule has 2 aromatic rings. The minimum atomic E-state index is -0.453. The van der Waals surface area contributed by atoms with E-state index in [0.717, 1.165) is 12.4 Å². The number of nitrogens with zero attached hydrogens (tertiary/aromatic N) is 3. The van der Waals surface area contributed by atoms with E-state index < -0.39 is 4.92 Å². The monoisotopic (exact) mass is 350 g/mol. The molecule has 9 nitrogen and oxygen atoms in total. The molecule has 0 aliphatic rings. The maximum absolute atomic E-state index is 10.4. The average Bonchev–Trinajstić information content (AvgIpc) is 2.59. The van der Waals surface area contributed by atoms with Crippen molar-refractivity contribution >= 4 is 23.0 Å². The van der Waals surface area contributed by atoms with E-state index in [9.17, 15) is 10.1 Å². The SMILES string of the molecule is CCNc1ncccc1N.CCNc1ncccc1[N+](=O)[O-].CCO. The number of rotatable bonds is 5. The van der Waals surface area contributed by atoms with Gasteiger partial charge in [-0.1, -0.05) is 0 Å². The van der Waals surface area contributed by atoms with E-state index in [1.165, 1.54) is 12.3 Å². The fraction of sp³-hybridized carbons (Fsp3) is 0.375. The van der Waals surface area contributed by atoms with Gasteiger partial charge in [-0.2, -0.15) is 0 Å². The van der Waals surface area contributed by atoms with Gasteiger partial charge in [-0.15, -0.1) is 0 Å². The standard InChI is InChI=1S/C7H9N3O2.C7H11N3.C2H6O/c1-2-8-7-6(10(11)12)4-3-5-9-7;1-2-9-7-6(8)4-3-5-10-7;1-2-3/h3-5H,2H2,1H3,(H,8,9);3-5H,2,8H2,1H3,(H,9,10);3H,2H2,1H3. The maximum atomic E-state index is 10.4. The van der Waals surface area contributed by atoms with Gasteiger partial charge in [0.25, 0.3) is 0 Å². The van der Waals surface area contributed by atoms with Gasteiger partial charge in [0, 0.05) is 38.2 Å². The van der Waals surface area contributed by atoms with Crippen molar-refractivity contribution in [3.63, 3.8) is 0 Å². The van der Waals surface area contributed by atoms with E-state index in [-0.39, 0.29) is 12.3 Å². The number of aromatic nitrogens is 2. The van der Waals surface area contributed by atoms with E-state index in [1.807, 2.05) is 26.0 Å². The highest BCUT2D eigenvalue weighted by Gasteiger charge is 2.11. The molecule has 25 heavy (non-hydrogen) atoms. The summed E-state index contributed by atoms with van der Waals surface area (Å²) in [7, 11) is 0. The van der Waals surface area contributed by atoms with Gasteiger partial charge >= 0.3 is 5.69 Å². The molecule has 0 aliphatic carbocycles. The first kappa shape index (κ1) is 22.1. The quantitative estimate of drug-likeness (QED) is 0.476. The normalized spacial score (nSPS) is 8.96. The molecule has 0 atom stereocenters. The molecule has 2 rings (SSSR count). The summed E-state index contributed by atoms with van der Waals surface area (Å²) >= 11 is 0. The molecule has 0 saturated heterocycles. The Kier molecular flexibility index (Phi) is 11.9. The molecule has 0 saturated carbocycles. The van der Waals surface area contributed by atoms with Gasteiger partial charge in [0.2, 0.25) is 5.82 Å². The third-order valence-corrected chi connectivity index (χ3v) is 2.51.